The van der Waals surface area contributed by atoms with Crippen molar-refractivity contribution in [3.63, 3.8) is 0 Å². The molecule has 2 nitrogen and oxygen atoms in total. The van der Waals surface area contributed by atoms with Gasteiger partial charge in [-0.15, -0.1) is 0 Å². The Hall–Kier alpha value is -2.93. The van der Waals surface area contributed by atoms with E-state index >= 15 is 4.39 Å². The summed E-state index contributed by atoms with van der Waals surface area (Å²) in [4.78, 5) is 0. The minimum absolute atomic E-state index is 0.00232. The van der Waals surface area contributed by atoms with E-state index in [9.17, 15) is 17.6 Å². The molecule has 180 valence electrons. The zero-order valence-corrected chi connectivity index (χ0v) is 18.7. The standard InChI is InChI=1S/C27H25F5O2/c1-2-3-17-4-11-21(12-5-17)34-27(31,32)15-14-20-10-13-22(25(28)24(20)26(29)30)18-6-8-19(9-7-18)23-16-33-23/h4-13,23,26H,2-3,14-16H2,1H3. The molecule has 7 heteroatoms. The lowest BCUT2D eigenvalue weighted by Crippen LogP contribution is -2.25. The number of epoxide rings is 1. The van der Waals surface area contributed by atoms with Crippen molar-refractivity contribution in [2.75, 3.05) is 6.61 Å². The number of rotatable bonds is 10. The van der Waals surface area contributed by atoms with Crippen molar-refractivity contribution in [1.29, 1.82) is 0 Å². The molecular formula is C27H25F5O2. The molecule has 3 aromatic carbocycles. The molecule has 4 rings (SSSR count). The summed E-state index contributed by atoms with van der Waals surface area (Å²) in [6.45, 7) is 2.64. The molecule has 1 aliphatic heterocycles. The van der Waals surface area contributed by atoms with Gasteiger partial charge in [0.05, 0.1) is 18.6 Å². The predicted octanol–water partition coefficient (Wildman–Crippen LogP) is 8.06. The Bertz CT molecular complexity index is 1110. The number of alkyl halides is 4. The quantitative estimate of drug-likeness (QED) is 0.218. The molecule has 0 N–H and O–H groups in total. The molecule has 0 amide bonds. The Kier molecular flexibility index (Phi) is 7.22. The summed E-state index contributed by atoms with van der Waals surface area (Å²) >= 11 is 0. The maximum atomic E-state index is 15.1. The van der Waals surface area contributed by atoms with Crippen molar-refractivity contribution in [3.05, 3.63) is 88.7 Å². The van der Waals surface area contributed by atoms with Gasteiger partial charge in [-0.2, -0.15) is 8.78 Å². The van der Waals surface area contributed by atoms with E-state index in [0.717, 1.165) is 24.0 Å². The van der Waals surface area contributed by atoms with Crippen LogP contribution >= 0.6 is 0 Å². The number of ether oxygens (including phenoxy) is 2. The molecule has 0 bridgehead atoms. The lowest BCUT2D eigenvalue weighted by atomic mass is 9.95. The zero-order chi connectivity index (χ0) is 24.3. The van der Waals surface area contributed by atoms with E-state index in [1.165, 1.54) is 24.3 Å². The van der Waals surface area contributed by atoms with Crippen LogP contribution in [0.1, 0.15) is 54.5 Å². The molecule has 1 aliphatic rings. The third-order valence-electron chi connectivity index (χ3n) is 5.83. The monoisotopic (exact) mass is 476 g/mol. The van der Waals surface area contributed by atoms with Crippen molar-refractivity contribution in [2.45, 2.75) is 51.2 Å². The minimum atomic E-state index is -3.60. The van der Waals surface area contributed by atoms with E-state index in [0.29, 0.717) is 12.2 Å². The second kappa shape index (κ2) is 10.1. The molecule has 1 saturated heterocycles. The second-order valence-electron chi connectivity index (χ2n) is 8.38. The van der Waals surface area contributed by atoms with Gasteiger partial charge in [0.15, 0.2) is 0 Å². The average molecular weight is 476 g/mol. The molecule has 1 atom stereocenters. The topological polar surface area (TPSA) is 21.8 Å². The van der Waals surface area contributed by atoms with Gasteiger partial charge in [0.25, 0.3) is 6.43 Å². The van der Waals surface area contributed by atoms with Gasteiger partial charge < -0.3 is 9.47 Å². The number of hydrogen-bond acceptors (Lipinski definition) is 2. The summed E-state index contributed by atoms with van der Waals surface area (Å²) in [5, 5.41) is 0. The molecule has 1 heterocycles. The fourth-order valence-corrected chi connectivity index (χ4v) is 3.94. The first-order chi connectivity index (χ1) is 16.3. The summed E-state index contributed by atoms with van der Waals surface area (Å²) < 4.78 is 81.4. The van der Waals surface area contributed by atoms with Crippen LogP contribution in [-0.4, -0.2) is 12.7 Å². The van der Waals surface area contributed by atoms with Gasteiger partial charge in [-0.25, -0.2) is 13.2 Å². The van der Waals surface area contributed by atoms with Crippen molar-refractivity contribution in [1.82, 2.24) is 0 Å². The zero-order valence-electron chi connectivity index (χ0n) is 18.7. The van der Waals surface area contributed by atoms with Crippen LogP contribution in [0.2, 0.25) is 0 Å². The molecule has 0 spiro atoms. The van der Waals surface area contributed by atoms with Gasteiger partial charge in [-0.1, -0.05) is 61.9 Å². The van der Waals surface area contributed by atoms with E-state index < -0.39 is 36.8 Å². The molecule has 3 aromatic rings. The summed E-state index contributed by atoms with van der Waals surface area (Å²) in [6, 6.07) is 15.8. The van der Waals surface area contributed by atoms with Crippen LogP contribution < -0.4 is 4.74 Å². The fraction of sp³-hybridized carbons (Fsp3) is 0.333. The van der Waals surface area contributed by atoms with Crippen LogP contribution in [0.15, 0.2) is 60.7 Å². The predicted molar refractivity (Wildman–Crippen MR) is 120 cm³/mol. The third-order valence-corrected chi connectivity index (χ3v) is 5.83. The molecule has 0 aromatic heterocycles. The maximum Gasteiger partial charge on any atom is 0.398 e. The maximum absolute atomic E-state index is 15.1. The van der Waals surface area contributed by atoms with Gasteiger partial charge in [0.1, 0.15) is 17.7 Å². The van der Waals surface area contributed by atoms with Crippen LogP contribution in [0, 0.1) is 5.82 Å². The van der Waals surface area contributed by atoms with Crippen molar-refractivity contribution < 1.29 is 31.4 Å². The summed E-state index contributed by atoms with van der Waals surface area (Å²) in [5.41, 5.74) is 1.34. The number of benzene rings is 3. The van der Waals surface area contributed by atoms with Gasteiger partial charge in [0, 0.05) is 5.56 Å². The molecule has 34 heavy (non-hydrogen) atoms. The van der Waals surface area contributed by atoms with Gasteiger partial charge >= 0.3 is 6.11 Å². The van der Waals surface area contributed by atoms with Crippen molar-refractivity contribution >= 4 is 0 Å². The fourth-order valence-electron chi connectivity index (χ4n) is 3.94. The molecular weight excluding hydrogens is 451 g/mol. The summed E-state index contributed by atoms with van der Waals surface area (Å²) in [7, 11) is 0. The summed E-state index contributed by atoms with van der Waals surface area (Å²) in [6.07, 6.45) is -6.28. The Morgan fingerprint density at radius 1 is 0.971 bits per heavy atom. The van der Waals surface area contributed by atoms with Gasteiger partial charge in [0.2, 0.25) is 0 Å². The molecule has 1 unspecified atom stereocenters. The molecule has 0 saturated carbocycles. The van der Waals surface area contributed by atoms with E-state index in [4.69, 9.17) is 9.47 Å². The first kappa shape index (κ1) is 24.2. The van der Waals surface area contributed by atoms with Crippen LogP contribution in [0.4, 0.5) is 22.0 Å². The largest absolute Gasteiger partial charge is 0.433 e. The van der Waals surface area contributed by atoms with Crippen LogP contribution in [0.3, 0.4) is 0 Å². The number of halogens is 5. The second-order valence-corrected chi connectivity index (χ2v) is 8.38. The molecule has 0 radical (unpaired) electrons. The number of hydrogen-bond donors (Lipinski definition) is 0. The van der Waals surface area contributed by atoms with Crippen LogP contribution in [-0.2, 0) is 17.6 Å². The Morgan fingerprint density at radius 2 is 1.65 bits per heavy atom. The summed E-state index contributed by atoms with van der Waals surface area (Å²) in [5.74, 6) is -1.11. The average Bonchev–Trinajstić information content (AvgIpc) is 3.65. The Balaban J connectivity index is 1.49. The minimum Gasteiger partial charge on any atom is -0.433 e. The Morgan fingerprint density at radius 3 is 2.24 bits per heavy atom. The van der Waals surface area contributed by atoms with Gasteiger partial charge in [-0.05, 0) is 47.2 Å². The van der Waals surface area contributed by atoms with Gasteiger partial charge in [-0.3, -0.25) is 0 Å². The number of aryl methyl sites for hydroxylation is 2. The first-order valence-corrected chi connectivity index (χ1v) is 11.2. The highest BCUT2D eigenvalue weighted by Gasteiger charge is 2.33. The molecule has 0 aliphatic carbocycles. The normalized spacial score (nSPS) is 15.6. The van der Waals surface area contributed by atoms with Crippen LogP contribution in [0.25, 0.3) is 11.1 Å². The van der Waals surface area contributed by atoms with E-state index in [-0.39, 0.29) is 23.0 Å². The van der Waals surface area contributed by atoms with E-state index in [1.54, 1.807) is 36.4 Å². The smallest absolute Gasteiger partial charge is 0.398 e. The van der Waals surface area contributed by atoms with Crippen molar-refractivity contribution in [2.24, 2.45) is 0 Å². The van der Waals surface area contributed by atoms with E-state index in [2.05, 4.69) is 0 Å². The highest BCUT2D eigenvalue weighted by molar-refractivity contribution is 5.66. The lowest BCUT2D eigenvalue weighted by molar-refractivity contribution is -0.180. The van der Waals surface area contributed by atoms with Crippen LogP contribution in [0.5, 0.6) is 5.75 Å². The first-order valence-electron chi connectivity index (χ1n) is 11.2. The Labute approximate surface area is 195 Å². The molecule has 1 fully saturated rings. The lowest BCUT2D eigenvalue weighted by Gasteiger charge is -2.20. The van der Waals surface area contributed by atoms with Crippen molar-refractivity contribution in [3.8, 4) is 16.9 Å². The highest BCUT2D eigenvalue weighted by Crippen LogP contribution is 2.36. The van der Waals surface area contributed by atoms with E-state index in [1.807, 2.05) is 6.92 Å². The highest BCUT2D eigenvalue weighted by atomic mass is 19.3. The SMILES string of the molecule is CCCc1ccc(OC(F)(F)CCc2ccc(-c3ccc(C4CO4)cc3)c(F)c2C(F)F)cc1. The third kappa shape index (κ3) is 5.76.